The van der Waals surface area contributed by atoms with Gasteiger partial charge in [-0.05, 0) is 47.5 Å². The number of nitrogens with zero attached hydrogens (tertiary/aromatic N) is 4. The molecule has 3 heterocycles. The molecule has 45 heavy (non-hydrogen) atoms. The van der Waals surface area contributed by atoms with Crippen molar-refractivity contribution in [3.8, 4) is 11.5 Å². The van der Waals surface area contributed by atoms with Gasteiger partial charge >= 0.3 is 0 Å². The fourth-order valence-electron chi connectivity index (χ4n) is 5.34. The number of aromatic hydroxyl groups is 2. The summed E-state index contributed by atoms with van der Waals surface area (Å²) >= 11 is 3.81. The zero-order chi connectivity index (χ0) is 31.1. The highest BCUT2D eigenvalue weighted by molar-refractivity contribution is 7.99. The van der Waals surface area contributed by atoms with E-state index in [4.69, 9.17) is 14.2 Å². The number of aromatic nitrogens is 2. The van der Waals surface area contributed by atoms with Gasteiger partial charge in [0.15, 0.2) is 0 Å². The van der Waals surface area contributed by atoms with Crippen LogP contribution in [0.3, 0.4) is 0 Å². The summed E-state index contributed by atoms with van der Waals surface area (Å²) in [6.45, 7) is 8.72. The molecule has 2 aromatic carbocycles. The van der Waals surface area contributed by atoms with Crippen LogP contribution in [0.5, 0.6) is 11.5 Å². The first kappa shape index (κ1) is 33.7. The van der Waals surface area contributed by atoms with E-state index in [9.17, 15) is 10.2 Å². The molecule has 1 aliphatic rings. The molecule has 242 valence electrons. The predicted octanol–water partition coefficient (Wildman–Crippen LogP) is 5.03. The fraction of sp³-hybridized carbons (Fsp3) is 0.471. The minimum Gasteiger partial charge on any atom is -0.506 e. The molecule has 4 aromatic rings. The molecular weight excluding hydrogens is 609 g/mol. The lowest BCUT2D eigenvalue weighted by Gasteiger charge is -2.23. The molecule has 2 aromatic heterocycles. The van der Waals surface area contributed by atoms with Gasteiger partial charge in [-0.2, -0.15) is 23.5 Å². The van der Waals surface area contributed by atoms with Crippen LogP contribution >= 0.6 is 23.5 Å². The molecule has 0 amide bonds. The Hall–Kier alpha value is -2.64. The highest BCUT2D eigenvalue weighted by Crippen LogP contribution is 2.26. The van der Waals surface area contributed by atoms with Crippen LogP contribution in [-0.4, -0.2) is 119 Å². The number of thioether (sulfide) groups is 2. The number of phenols is 2. The fourth-order valence-corrected chi connectivity index (χ4v) is 7.00. The number of hydrogen-bond donors (Lipinski definition) is 2. The number of rotatable bonds is 4. The topological polar surface area (TPSA) is 100 Å². The normalized spacial score (nSPS) is 18.5. The maximum Gasteiger partial charge on any atom is 0.142 e. The van der Waals surface area contributed by atoms with Crippen molar-refractivity contribution in [2.45, 2.75) is 13.1 Å². The zero-order valence-electron chi connectivity index (χ0n) is 25.8. The van der Waals surface area contributed by atoms with Crippen molar-refractivity contribution in [3.05, 3.63) is 72.1 Å². The molecule has 1 fully saturated rings. The SMILES string of the molecule is Oc1cc(CN2CCOCCOCCN(Cc3cc(O)c4ncccc4c3)CCSCCOCCSCC2)cc2cccnc12. The molecule has 0 spiro atoms. The van der Waals surface area contributed by atoms with Gasteiger partial charge in [0.1, 0.15) is 22.5 Å². The second kappa shape index (κ2) is 18.5. The molecule has 0 saturated carbocycles. The number of pyridine rings is 2. The van der Waals surface area contributed by atoms with Gasteiger partial charge in [-0.15, -0.1) is 0 Å². The summed E-state index contributed by atoms with van der Waals surface area (Å²) in [6, 6.07) is 15.6. The Bertz CT molecular complexity index is 1370. The summed E-state index contributed by atoms with van der Waals surface area (Å²) in [5.74, 6) is 4.38. The van der Waals surface area contributed by atoms with E-state index in [1.807, 2.05) is 59.9 Å². The summed E-state index contributed by atoms with van der Waals surface area (Å²) in [5.41, 5.74) is 3.39. The molecule has 2 N–H and O–H groups in total. The second-order valence-electron chi connectivity index (χ2n) is 11.0. The van der Waals surface area contributed by atoms with Gasteiger partial charge in [-0.25, -0.2) is 0 Å². The van der Waals surface area contributed by atoms with Crippen molar-refractivity contribution < 1.29 is 24.4 Å². The number of hydrogen-bond acceptors (Lipinski definition) is 11. The van der Waals surface area contributed by atoms with Crippen LogP contribution in [0.4, 0.5) is 0 Å². The lowest BCUT2D eigenvalue weighted by molar-refractivity contribution is 0.0309. The van der Waals surface area contributed by atoms with E-state index < -0.39 is 0 Å². The molecule has 0 bridgehead atoms. The third-order valence-corrected chi connectivity index (χ3v) is 9.48. The highest BCUT2D eigenvalue weighted by Gasteiger charge is 2.12. The Balaban J connectivity index is 1.13. The minimum absolute atomic E-state index is 0.219. The molecule has 0 radical (unpaired) electrons. The van der Waals surface area contributed by atoms with E-state index in [0.717, 1.165) is 97.4 Å². The van der Waals surface area contributed by atoms with E-state index in [1.54, 1.807) is 12.4 Å². The quantitative estimate of drug-likeness (QED) is 0.311. The third kappa shape index (κ3) is 11.0. The number of benzene rings is 2. The average Bonchev–Trinajstić information content (AvgIpc) is 3.04. The molecule has 5 rings (SSSR count). The minimum atomic E-state index is 0.219. The van der Waals surface area contributed by atoms with Gasteiger partial charge in [0.2, 0.25) is 0 Å². The van der Waals surface area contributed by atoms with Crippen LogP contribution in [0.25, 0.3) is 21.8 Å². The van der Waals surface area contributed by atoms with Crippen molar-refractivity contribution in [2.24, 2.45) is 0 Å². The van der Waals surface area contributed by atoms with E-state index in [1.165, 1.54) is 0 Å². The van der Waals surface area contributed by atoms with Crippen molar-refractivity contribution in [1.82, 2.24) is 19.8 Å². The van der Waals surface area contributed by atoms with Crippen molar-refractivity contribution in [1.29, 1.82) is 0 Å². The van der Waals surface area contributed by atoms with Gasteiger partial charge in [0, 0.05) is 85.4 Å². The first-order valence-electron chi connectivity index (χ1n) is 15.6. The number of ether oxygens (including phenoxy) is 3. The molecule has 1 aliphatic heterocycles. The van der Waals surface area contributed by atoms with Crippen LogP contribution in [0.1, 0.15) is 11.1 Å². The van der Waals surface area contributed by atoms with Gasteiger partial charge in [-0.1, -0.05) is 12.1 Å². The summed E-state index contributed by atoms with van der Waals surface area (Å²) < 4.78 is 17.8. The van der Waals surface area contributed by atoms with Gasteiger partial charge in [-0.3, -0.25) is 19.8 Å². The molecular formula is C34H44N4O5S2. The summed E-state index contributed by atoms with van der Waals surface area (Å²) in [4.78, 5) is 13.4. The number of phenolic OH excluding ortho intramolecular Hbond substituents is 2. The van der Waals surface area contributed by atoms with Gasteiger partial charge in [0.05, 0.1) is 39.6 Å². The van der Waals surface area contributed by atoms with Crippen LogP contribution in [0.15, 0.2) is 60.9 Å². The average molecular weight is 653 g/mol. The van der Waals surface area contributed by atoms with Crippen molar-refractivity contribution in [2.75, 3.05) is 88.8 Å². The van der Waals surface area contributed by atoms with Crippen LogP contribution in [-0.2, 0) is 27.3 Å². The van der Waals surface area contributed by atoms with Gasteiger partial charge < -0.3 is 24.4 Å². The molecule has 0 aliphatic carbocycles. The largest absolute Gasteiger partial charge is 0.506 e. The second-order valence-corrected chi connectivity index (χ2v) is 13.4. The van der Waals surface area contributed by atoms with E-state index in [2.05, 4.69) is 31.9 Å². The predicted molar refractivity (Wildman–Crippen MR) is 184 cm³/mol. The molecule has 0 atom stereocenters. The molecule has 0 unspecified atom stereocenters. The summed E-state index contributed by atoms with van der Waals surface area (Å²) in [6.07, 6.45) is 3.41. The Morgan fingerprint density at radius 1 is 0.578 bits per heavy atom. The Kier molecular flexibility index (Phi) is 13.9. The van der Waals surface area contributed by atoms with Gasteiger partial charge in [0.25, 0.3) is 0 Å². The summed E-state index contributed by atoms with van der Waals surface area (Å²) in [7, 11) is 0. The first-order valence-corrected chi connectivity index (χ1v) is 17.9. The zero-order valence-corrected chi connectivity index (χ0v) is 27.4. The lowest BCUT2D eigenvalue weighted by Crippen LogP contribution is -2.30. The van der Waals surface area contributed by atoms with Crippen LogP contribution in [0, 0.1) is 0 Å². The highest BCUT2D eigenvalue weighted by atomic mass is 32.2. The lowest BCUT2D eigenvalue weighted by atomic mass is 10.1. The van der Waals surface area contributed by atoms with Crippen LogP contribution in [0.2, 0.25) is 0 Å². The van der Waals surface area contributed by atoms with E-state index in [-0.39, 0.29) is 11.5 Å². The molecule has 11 heteroatoms. The molecule has 1 saturated heterocycles. The molecule has 9 nitrogen and oxygen atoms in total. The number of fused-ring (bicyclic) bond motifs is 2. The smallest absolute Gasteiger partial charge is 0.142 e. The first-order chi connectivity index (χ1) is 22.2. The van der Waals surface area contributed by atoms with Crippen molar-refractivity contribution >= 4 is 45.3 Å². The maximum absolute atomic E-state index is 10.5. The maximum atomic E-state index is 10.5. The summed E-state index contributed by atoms with van der Waals surface area (Å²) in [5, 5.41) is 22.9. The Morgan fingerprint density at radius 3 is 1.53 bits per heavy atom. The Morgan fingerprint density at radius 2 is 1.04 bits per heavy atom. The monoisotopic (exact) mass is 652 g/mol. The van der Waals surface area contributed by atoms with E-state index >= 15 is 0 Å². The van der Waals surface area contributed by atoms with E-state index in [0.29, 0.717) is 37.5 Å². The third-order valence-electron chi connectivity index (χ3n) is 7.62. The van der Waals surface area contributed by atoms with Crippen molar-refractivity contribution in [3.63, 3.8) is 0 Å². The Labute approximate surface area is 274 Å². The van der Waals surface area contributed by atoms with Crippen LogP contribution < -0.4 is 0 Å². The standard InChI is InChI=1S/C34H44N4O5S2/c39-31-23-27(21-29-3-1-5-35-33(29)31)25-37-7-11-41-13-14-42-12-8-38(10-18-45-20-16-43-15-19-44-17-9-37)26-28-22-30-4-2-6-36-34(30)32(40)24-28/h1-6,21-24,39-40H,7-20,25-26H2.